The largest absolute Gasteiger partial charge is 0.508 e. The Balaban J connectivity index is 1.60. The van der Waals surface area contributed by atoms with Gasteiger partial charge in [-0.2, -0.15) is 0 Å². The highest BCUT2D eigenvalue weighted by molar-refractivity contribution is 5.61. The summed E-state index contributed by atoms with van der Waals surface area (Å²) in [5.41, 5.74) is 1.90. The van der Waals surface area contributed by atoms with E-state index >= 15 is 0 Å². The molecule has 3 saturated carbocycles. The Bertz CT molecular complexity index is 993. The van der Waals surface area contributed by atoms with Gasteiger partial charge in [0.25, 0.3) is 0 Å². The highest BCUT2D eigenvalue weighted by Crippen LogP contribution is 2.66. The Morgan fingerprint density at radius 3 is 2.33 bits per heavy atom. The number of hydrogen-bond acceptors (Lipinski definition) is 7. The Labute approximate surface area is 234 Å². The van der Waals surface area contributed by atoms with Crippen LogP contribution in [0, 0.1) is 40.4 Å². The second-order valence-electron chi connectivity index (χ2n) is 13.9. The monoisotopic (exact) mass is 546 g/mol. The van der Waals surface area contributed by atoms with Gasteiger partial charge >= 0.3 is 12.3 Å². The molecular formula is C32H50O7. The molecule has 0 amide bonds. The van der Waals surface area contributed by atoms with Gasteiger partial charge in [-0.1, -0.05) is 51.0 Å². The summed E-state index contributed by atoms with van der Waals surface area (Å²) in [5.74, 6) is 2.56. The Morgan fingerprint density at radius 1 is 1.03 bits per heavy atom. The molecule has 0 aromatic rings. The fourth-order valence-corrected chi connectivity index (χ4v) is 8.76. The first-order valence-electron chi connectivity index (χ1n) is 14.9. The number of fused-ring (bicyclic) bond motifs is 5. The van der Waals surface area contributed by atoms with Gasteiger partial charge in [-0.25, -0.2) is 9.59 Å². The molecule has 4 rings (SSSR count). The summed E-state index contributed by atoms with van der Waals surface area (Å²) >= 11 is 0. The minimum Gasteiger partial charge on any atom is -0.438 e. The molecule has 9 atom stereocenters. The fourth-order valence-electron chi connectivity index (χ4n) is 8.76. The Morgan fingerprint density at radius 2 is 1.69 bits per heavy atom. The van der Waals surface area contributed by atoms with E-state index in [2.05, 4.69) is 39.8 Å². The number of aliphatic hydroxyl groups is 1. The lowest BCUT2D eigenvalue weighted by molar-refractivity contribution is -0.0835. The van der Waals surface area contributed by atoms with Crippen molar-refractivity contribution in [1.82, 2.24) is 0 Å². The van der Waals surface area contributed by atoms with E-state index in [0.29, 0.717) is 36.5 Å². The Kier molecular flexibility index (Phi) is 8.52. The fraction of sp³-hybridized carbons (Fsp3) is 0.812. The van der Waals surface area contributed by atoms with Gasteiger partial charge in [0.05, 0.1) is 19.8 Å². The molecule has 0 aromatic heterocycles. The maximum absolute atomic E-state index is 12.3. The molecule has 0 aliphatic heterocycles. The van der Waals surface area contributed by atoms with E-state index in [1.54, 1.807) is 0 Å². The number of carbonyl (C=O) groups excluding carboxylic acids is 2. The van der Waals surface area contributed by atoms with Crippen molar-refractivity contribution in [2.45, 2.75) is 111 Å². The summed E-state index contributed by atoms with van der Waals surface area (Å²) in [5, 5.41) is 10.3. The molecule has 3 fully saturated rings. The van der Waals surface area contributed by atoms with Gasteiger partial charge in [-0.05, 0) is 87.4 Å². The number of carbonyl (C=O) groups is 2. The van der Waals surface area contributed by atoms with Gasteiger partial charge in [0, 0.05) is 18.3 Å². The van der Waals surface area contributed by atoms with Gasteiger partial charge in [0.2, 0.25) is 0 Å². The standard InChI is InChI=1S/C32H50O7/c1-19(13-15-30(3,4)35)20(2)24-11-12-25-23-10-9-21-17-22(38-28(33)36-7)18-27(39-29(34)37-8)32(21,6)26(23)14-16-31(24,25)5/h9-10,19-20,22,24-27,35H,11-18H2,1-8H3/t19-,20-,22+,24+,25-,26-,27-,31+,32-/m0/s1. The summed E-state index contributed by atoms with van der Waals surface area (Å²) < 4.78 is 21.1. The van der Waals surface area contributed by atoms with Crippen LogP contribution in [0.3, 0.4) is 0 Å². The first kappa shape index (κ1) is 30.0. The van der Waals surface area contributed by atoms with E-state index in [0.717, 1.165) is 31.3 Å². The average Bonchev–Trinajstić information content (AvgIpc) is 3.24. The lowest BCUT2D eigenvalue weighted by Crippen LogP contribution is -2.54. The van der Waals surface area contributed by atoms with Crippen LogP contribution in [-0.4, -0.2) is 49.4 Å². The molecule has 4 aliphatic carbocycles. The highest BCUT2D eigenvalue weighted by Gasteiger charge is 2.60. The summed E-state index contributed by atoms with van der Waals surface area (Å²) in [6, 6.07) is 0. The molecule has 0 radical (unpaired) electrons. The van der Waals surface area contributed by atoms with E-state index in [-0.39, 0.29) is 16.7 Å². The van der Waals surface area contributed by atoms with E-state index in [4.69, 9.17) is 18.9 Å². The second-order valence-corrected chi connectivity index (χ2v) is 13.9. The minimum absolute atomic E-state index is 0.232. The topological polar surface area (TPSA) is 91.3 Å². The third-order valence-corrected chi connectivity index (χ3v) is 11.3. The molecule has 4 aliphatic rings. The van der Waals surface area contributed by atoms with Crippen molar-refractivity contribution in [3.05, 3.63) is 23.3 Å². The SMILES string of the molecule is COC(=O)O[C@@H]1CC2=CC=C3[C@@H]4CC[C@H]([C@@H](C)[C@@H](C)CCC(C)(C)O)[C@@]4(C)CC[C@@H]3[C@@]2(C)[C@@H](OC(=O)OC)C1. The van der Waals surface area contributed by atoms with E-state index in [1.807, 2.05) is 13.8 Å². The van der Waals surface area contributed by atoms with E-state index in [1.165, 1.54) is 32.6 Å². The predicted octanol–water partition coefficient (Wildman–Crippen LogP) is 7.22. The van der Waals surface area contributed by atoms with Crippen molar-refractivity contribution < 1.29 is 33.6 Å². The maximum Gasteiger partial charge on any atom is 0.508 e. The molecule has 1 N–H and O–H groups in total. The summed E-state index contributed by atoms with van der Waals surface area (Å²) in [4.78, 5) is 24.2. The molecule has 220 valence electrons. The van der Waals surface area contributed by atoms with Crippen LogP contribution >= 0.6 is 0 Å². The summed E-state index contributed by atoms with van der Waals surface area (Å²) in [7, 11) is 2.63. The number of hydrogen-bond donors (Lipinski definition) is 1. The maximum atomic E-state index is 12.3. The number of methoxy groups -OCH3 is 2. The molecule has 0 aromatic carbocycles. The smallest absolute Gasteiger partial charge is 0.438 e. The lowest BCUT2D eigenvalue weighted by atomic mass is 9.49. The molecule has 0 spiro atoms. The minimum atomic E-state index is -0.718. The van der Waals surface area contributed by atoms with Crippen LogP contribution in [0.5, 0.6) is 0 Å². The molecule has 0 heterocycles. The van der Waals surface area contributed by atoms with Crippen LogP contribution in [0.1, 0.15) is 92.9 Å². The van der Waals surface area contributed by atoms with E-state index in [9.17, 15) is 14.7 Å². The van der Waals surface area contributed by atoms with Gasteiger partial charge < -0.3 is 24.1 Å². The van der Waals surface area contributed by atoms with Crippen molar-refractivity contribution in [3.63, 3.8) is 0 Å². The second kappa shape index (κ2) is 11.1. The van der Waals surface area contributed by atoms with Crippen LogP contribution < -0.4 is 0 Å². The first-order chi connectivity index (χ1) is 18.2. The third kappa shape index (κ3) is 5.62. The van der Waals surface area contributed by atoms with Gasteiger partial charge in [-0.15, -0.1) is 0 Å². The number of rotatable bonds is 7. The van der Waals surface area contributed by atoms with Crippen LogP contribution in [0.15, 0.2) is 23.3 Å². The zero-order valence-corrected chi connectivity index (χ0v) is 25.2. The van der Waals surface area contributed by atoms with Crippen LogP contribution in [-0.2, 0) is 18.9 Å². The van der Waals surface area contributed by atoms with Crippen LogP contribution in [0.25, 0.3) is 0 Å². The molecule has 7 nitrogen and oxygen atoms in total. The number of allylic oxidation sites excluding steroid dienone is 3. The van der Waals surface area contributed by atoms with Crippen molar-refractivity contribution in [3.8, 4) is 0 Å². The average molecular weight is 547 g/mol. The quantitative estimate of drug-likeness (QED) is 0.337. The Hall–Kier alpha value is -2.02. The molecule has 0 saturated heterocycles. The number of ether oxygens (including phenoxy) is 4. The lowest BCUT2D eigenvalue weighted by Gasteiger charge is -2.57. The van der Waals surface area contributed by atoms with Gasteiger partial charge in [-0.3, -0.25) is 0 Å². The van der Waals surface area contributed by atoms with Crippen molar-refractivity contribution in [1.29, 1.82) is 0 Å². The molecular weight excluding hydrogens is 496 g/mol. The predicted molar refractivity (Wildman–Crippen MR) is 149 cm³/mol. The summed E-state index contributed by atoms with van der Waals surface area (Å²) in [6.07, 6.45) is 9.72. The van der Waals surface area contributed by atoms with E-state index < -0.39 is 30.1 Å². The van der Waals surface area contributed by atoms with Gasteiger partial charge in [0.1, 0.15) is 12.2 Å². The molecule has 0 bridgehead atoms. The van der Waals surface area contributed by atoms with Crippen molar-refractivity contribution >= 4 is 12.3 Å². The zero-order chi connectivity index (χ0) is 28.8. The normalized spacial score (nSPS) is 37.2. The van der Waals surface area contributed by atoms with Gasteiger partial charge in [0.15, 0.2) is 0 Å². The highest BCUT2D eigenvalue weighted by atomic mass is 16.7. The first-order valence-corrected chi connectivity index (χ1v) is 14.9. The molecule has 7 heteroatoms. The third-order valence-electron chi connectivity index (χ3n) is 11.3. The van der Waals surface area contributed by atoms with Crippen molar-refractivity contribution in [2.24, 2.45) is 40.4 Å². The zero-order valence-electron chi connectivity index (χ0n) is 25.2. The summed E-state index contributed by atoms with van der Waals surface area (Å²) in [6.45, 7) is 13.3. The molecule has 0 unspecified atom stereocenters. The van der Waals surface area contributed by atoms with Crippen LogP contribution in [0.2, 0.25) is 0 Å². The van der Waals surface area contributed by atoms with Crippen molar-refractivity contribution in [2.75, 3.05) is 14.2 Å². The molecule has 39 heavy (non-hydrogen) atoms. The van der Waals surface area contributed by atoms with Crippen LogP contribution in [0.4, 0.5) is 9.59 Å².